The average molecular weight is 600 g/mol. The van der Waals surface area contributed by atoms with Gasteiger partial charge in [0.05, 0.1) is 26.3 Å². The van der Waals surface area contributed by atoms with Gasteiger partial charge in [-0.25, -0.2) is 18.4 Å². The van der Waals surface area contributed by atoms with Crippen LogP contribution in [0.1, 0.15) is 19.4 Å². The minimum absolute atomic E-state index is 0.268. The van der Waals surface area contributed by atoms with Gasteiger partial charge >= 0.3 is 11.4 Å². The third-order valence-electron chi connectivity index (χ3n) is 6.99. The number of aliphatic hydroxyl groups is 3. The zero-order valence-corrected chi connectivity index (χ0v) is 21.7. The Morgan fingerprint density at radius 3 is 1.74 bits per heavy atom. The van der Waals surface area contributed by atoms with Crippen LogP contribution < -0.4 is 22.5 Å². The van der Waals surface area contributed by atoms with Crippen LogP contribution in [0, 0.1) is 5.92 Å². The van der Waals surface area contributed by atoms with Crippen molar-refractivity contribution in [2.75, 3.05) is 26.3 Å². The number of H-pyrrole nitrogens is 2. The molecule has 2 aromatic heterocycles. The molecule has 2 aromatic rings. The van der Waals surface area contributed by atoms with Crippen molar-refractivity contribution in [2.24, 2.45) is 16.1 Å². The predicted molar refractivity (Wildman–Crippen MR) is 136 cm³/mol. The van der Waals surface area contributed by atoms with Crippen LogP contribution in [-0.4, -0.2) is 90.4 Å². The summed E-state index contributed by atoms with van der Waals surface area (Å²) in [6.45, 7) is -0.679. The third-order valence-corrected chi connectivity index (χ3v) is 6.99. The molecule has 4 heterocycles. The number of nitrogens with one attached hydrogen (secondary N) is 2. The molecule has 0 bridgehead atoms. The Bertz CT molecular complexity index is 1480. The number of hydrogen-bond donors (Lipinski definition) is 5. The Labute approximate surface area is 231 Å². The van der Waals surface area contributed by atoms with E-state index in [-0.39, 0.29) is 6.54 Å². The maximum absolute atomic E-state index is 14.4. The van der Waals surface area contributed by atoms with Gasteiger partial charge in [-0.15, -0.1) is 0 Å². The van der Waals surface area contributed by atoms with Gasteiger partial charge in [0.15, 0.2) is 24.8 Å². The summed E-state index contributed by atoms with van der Waals surface area (Å²) in [5.41, 5.74) is 10.4. The highest BCUT2D eigenvalue weighted by Crippen LogP contribution is 2.43. The van der Waals surface area contributed by atoms with E-state index < -0.39 is 90.3 Å². The van der Waals surface area contributed by atoms with E-state index in [1.54, 1.807) is 0 Å². The fraction of sp³-hybridized carbons (Fsp3) is 0.619. The van der Waals surface area contributed by atoms with Crippen molar-refractivity contribution in [2.45, 2.75) is 49.0 Å². The highest BCUT2D eigenvalue weighted by molar-refractivity contribution is 5.04. The van der Waals surface area contributed by atoms with Gasteiger partial charge in [0.2, 0.25) is 0 Å². The normalized spacial score (nSPS) is 31.9. The summed E-state index contributed by atoms with van der Waals surface area (Å²) < 4.78 is 41.0. The van der Waals surface area contributed by atoms with Gasteiger partial charge in [0, 0.05) is 40.3 Å². The zero-order chi connectivity index (χ0) is 31.2. The first kappa shape index (κ1) is 32.2. The van der Waals surface area contributed by atoms with E-state index in [2.05, 4.69) is 20.1 Å². The lowest BCUT2D eigenvalue weighted by Crippen LogP contribution is -2.48. The lowest BCUT2D eigenvalue weighted by molar-refractivity contribution is -0.122. The molecule has 0 aromatic carbocycles. The molecule has 0 saturated carbocycles. The fourth-order valence-corrected chi connectivity index (χ4v) is 4.47. The SMILES string of the molecule is C[C@H]1[C@@H](F)[C@H](n2ccc(=O)[nH]c2=O)O[C@@]1(CO)CN=[N+]=[N-].[N-]=[N+]=NC[C@]1(CO)O[C@@H](n2ccc(=O)[nH]c2=O)[C@H](F)[C@@H]1O. The van der Waals surface area contributed by atoms with E-state index in [0.717, 1.165) is 33.7 Å². The standard InChI is InChI=1S/C11H14FN5O4.C10H12FN5O5/c1-6-8(12)9(17-3-2-7(19)15-10(17)20)21-11(6,5-18)4-14-16-13;11-6-7(19)10(4-17,3-13-15-12)21-8(6)16-2-1-5(18)14-9(16)20/h2-3,6,8-9,18H,4-5H2,1H3,(H,15,19,20);1-2,6-8,17,19H,3-4H2,(H,14,18,20)/t6-,8+,9+,11+;6-,7+,8-,10-/m01/s1. The summed E-state index contributed by atoms with van der Waals surface area (Å²) in [5.74, 6) is -0.808. The number of nitrogens with zero attached hydrogens (tertiary/aromatic N) is 8. The molecule has 2 saturated heterocycles. The molecule has 2 aliphatic heterocycles. The van der Waals surface area contributed by atoms with E-state index in [0.29, 0.717) is 0 Å². The number of hydrogen-bond acceptors (Lipinski definition) is 11. The first-order valence-corrected chi connectivity index (χ1v) is 12.1. The van der Waals surface area contributed by atoms with Crippen LogP contribution in [0.3, 0.4) is 0 Å². The van der Waals surface area contributed by atoms with Gasteiger partial charge in [-0.1, -0.05) is 17.2 Å². The molecule has 0 unspecified atom stereocenters. The molecule has 42 heavy (non-hydrogen) atoms. The van der Waals surface area contributed by atoms with E-state index >= 15 is 0 Å². The van der Waals surface area contributed by atoms with Crippen LogP contribution in [0.5, 0.6) is 0 Å². The Hall–Kier alpha value is -4.36. The molecule has 21 heteroatoms. The number of alkyl halides is 2. The molecule has 5 N–H and O–H groups in total. The number of halogens is 2. The Balaban J connectivity index is 0.000000230. The Kier molecular flexibility index (Phi) is 10.0. The number of rotatable bonds is 8. The van der Waals surface area contributed by atoms with Gasteiger partial charge in [0.1, 0.15) is 17.3 Å². The van der Waals surface area contributed by atoms with Crippen LogP contribution >= 0.6 is 0 Å². The number of azide groups is 2. The van der Waals surface area contributed by atoms with Crippen molar-refractivity contribution < 1.29 is 33.6 Å². The van der Waals surface area contributed by atoms with E-state index in [9.17, 15) is 43.3 Å². The van der Waals surface area contributed by atoms with Gasteiger partial charge in [-0.3, -0.25) is 28.7 Å². The number of aliphatic hydroxyl groups excluding tert-OH is 3. The molecule has 2 fully saturated rings. The van der Waals surface area contributed by atoms with Gasteiger partial charge in [-0.05, 0) is 11.1 Å². The molecular formula is C21H26F2N10O9. The summed E-state index contributed by atoms with van der Waals surface area (Å²) in [5, 5.41) is 35.2. The predicted octanol–water partition coefficient (Wildman–Crippen LogP) is -1.11. The summed E-state index contributed by atoms with van der Waals surface area (Å²) in [4.78, 5) is 54.3. The van der Waals surface area contributed by atoms with Crippen molar-refractivity contribution in [3.63, 3.8) is 0 Å². The van der Waals surface area contributed by atoms with Crippen molar-refractivity contribution >= 4 is 0 Å². The third kappa shape index (κ3) is 6.11. The molecule has 228 valence electrons. The van der Waals surface area contributed by atoms with E-state index in [4.69, 9.17) is 20.5 Å². The lowest BCUT2D eigenvalue weighted by atomic mass is 9.88. The molecular weight excluding hydrogens is 574 g/mol. The average Bonchev–Trinajstić information content (AvgIpc) is 3.36. The molecule has 8 atom stereocenters. The van der Waals surface area contributed by atoms with Crippen LogP contribution in [0.25, 0.3) is 20.9 Å². The molecule has 19 nitrogen and oxygen atoms in total. The molecule has 0 spiro atoms. The minimum atomic E-state index is -2.06. The first-order chi connectivity index (χ1) is 19.9. The molecule has 0 amide bonds. The topological polar surface area (TPSA) is 286 Å². The highest BCUT2D eigenvalue weighted by atomic mass is 19.1. The van der Waals surface area contributed by atoms with Crippen molar-refractivity contribution in [3.05, 3.63) is 87.1 Å². The first-order valence-electron chi connectivity index (χ1n) is 12.1. The smallest absolute Gasteiger partial charge is 0.330 e. The molecule has 0 radical (unpaired) electrons. The van der Waals surface area contributed by atoms with Crippen LogP contribution in [0.15, 0.2) is 53.9 Å². The van der Waals surface area contributed by atoms with Gasteiger partial charge in [-0.2, -0.15) is 0 Å². The van der Waals surface area contributed by atoms with Crippen LogP contribution in [0.4, 0.5) is 8.78 Å². The molecule has 4 rings (SSSR count). The van der Waals surface area contributed by atoms with Crippen LogP contribution in [0.2, 0.25) is 0 Å². The summed E-state index contributed by atoms with van der Waals surface area (Å²) >= 11 is 0. The maximum Gasteiger partial charge on any atom is 0.330 e. The Morgan fingerprint density at radius 1 is 0.881 bits per heavy atom. The zero-order valence-electron chi connectivity index (χ0n) is 21.7. The monoisotopic (exact) mass is 600 g/mol. The van der Waals surface area contributed by atoms with Crippen molar-refractivity contribution in [3.8, 4) is 0 Å². The molecule has 2 aliphatic rings. The number of aromatic nitrogens is 4. The summed E-state index contributed by atoms with van der Waals surface area (Å²) in [7, 11) is 0. The second kappa shape index (κ2) is 13.1. The maximum atomic E-state index is 14.4. The van der Waals surface area contributed by atoms with Gasteiger partial charge < -0.3 is 24.8 Å². The van der Waals surface area contributed by atoms with E-state index in [1.165, 1.54) is 6.92 Å². The summed E-state index contributed by atoms with van der Waals surface area (Å²) in [6, 6.07) is 2.05. The van der Waals surface area contributed by atoms with E-state index in [1.807, 2.05) is 9.97 Å². The second-order valence-corrected chi connectivity index (χ2v) is 9.40. The summed E-state index contributed by atoms with van der Waals surface area (Å²) in [6.07, 6.45) is -6.24. The van der Waals surface area contributed by atoms with Crippen molar-refractivity contribution in [1.82, 2.24) is 19.1 Å². The minimum Gasteiger partial charge on any atom is -0.393 e. The Morgan fingerprint density at radius 2 is 1.31 bits per heavy atom. The fourth-order valence-electron chi connectivity index (χ4n) is 4.47. The second-order valence-electron chi connectivity index (χ2n) is 9.40. The van der Waals surface area contributed by atoms with Gasteiger partial charge in [0.25, 0.3) is 11.1 Å². The van der Waals surface area contributed by atoms with Crippen molar-refractivity contribution in [1.29, 1.82) is 0 Å². The quantitative estimate of drug-likeness (QED) is 0.139. The largest absolute Gasteiger partial charge is 0.393 e. The highest BCUT2D eigenvalue weighted by Gasteiger charge is 2.56. The number of ether oxygens (including phenoxy) is 2. The lowest BCUT2D eigenvalue weighted by Gasteiger charge is -2.28. The van der Waals surface area contributed by atoms with Crippen LogP contribution in [-0.2, 0) is 9.47 Å². The number of aromatic amines is 2. The molecule has 0 aliphatic carbocycles.